The van der Waals surface area contributed by atoms with Crippen molar-refractivity contribution in [3.05, 3.63) is 0 Å². The van der Waals surface area contributed by atoms with Gasteiger partial charge in [0.1, 0.15) is 6.04 Å². The summed E-state index contributed by atoms with van der Waals surface area (Å²) in [6.07, 6.45) is 5.26. The lowest BCUT2D eigenvalue weighted by molar-refractivity contribution is -0.140. The zero-order chi connectivity index (χ0) is 13.0. The lowest BCUT2D eigenvalue weighted by atomic mass is 10.2. The van der Waals surface area contributed by atoms with Gasteiger partial charge in [-0.3, -0.25) is 14.9 Å². The molecule has 0 radical (unpaired) electrons. The number of amides is 1. The highest BCUT2D eigenvalue weighted by Crippen LogP contribution is 2.12. The number of carbonyl (C=O) groups is 2. The molecule has 2 aliphatic rings. The van der Waals surface area contributed by atoms with E-state index in [9.17, 15) is 9.59 Å². The minimum absolute atomic E-state index is 0.108. The van der Waals surface area contributed by atoms with E-state index in [0.29, 0.717) is 13.0 Å². The van der Waals surface area contributed by atoms with Crippen LogP contribution < -0.4 is 5.32 Å². The molecule has 2 fully saturated rings. The molecule has 5 nitrogen and oxygen atoms in total. The van der Waals surface area contributed by atoms with Gasteiger partial charge in [0, 0.05) is 19.5 Å². The van der Waals surface area contributed by atoms with Gasteiger partial charge in [-0.1, -0.05) is 12.8 Å². The van der Waals surface area contributed by atoms with Gasteiger partial charge in [-0.25, -0.2) is 0 Å². The first-order valence-electron chi connectivity index (χ1n) is 6.90. The number of rotatable bonds is 3. The number of hydrogen-bond acceptors (Lipinski definition) is 4. The number of likely N-dealkylation sites (tertiary alicyclic amines) is 1. The summed E-state index contributed by atoms with van der Waals surface area (Å²) in [6.45, 7) is 3.99. The number of nitrogens with zero attached hydrogens (tertiary/aromatic N) is 1. The number of cyclic esters (lactones) is 1. The highest BCUT2D eigenvalue weighted by atomic mass is 16.5. The molecule has 0 aliphatic carbocycles. The van der Waals surface area contributed by atoms with Gasteiger partial charge < -0.3 is 9.64 Å². The maximum atomic E-state index is 12.3. The van der Waals surface area contributed by atoms with Crippen molar-refractivity contribution >= 4 is 11.9 Å². The van der Waals surface area contributed by atoms with Crippen LogP contribution in [0.4, 0.5) is 0 Å². The summed E-state index contributed by atoms with van der Waals surface area (Å²) in [5.41, 5.74) is 0. The Morgan fingerprint density at radius 1 is 1.33 bits per heavy atom. The highest BCUT2D eigenvalue weighted by molar-refractivity contribution is 5.83. The lowest BCUT2D eigenvalue weighted by Gasteiger charge is -2.25. The number of ether oxygens (including phenoxy) is 1. The molecule has 2 unspecified atom stereocenters. The number of esters is 1. The third kappa shape index (κ3) is 3.22. The average Bonchev–Trinajstić information content (AvgIpc) is 2.63. The van der Waals surface area contributed by atoms with Crippen LogP contribution in [0.2, 0.25) is 0 Å². The molecule has 0 saturated carbocycles. The average molecular weight is 254 g/mol. The molecular weight excluding hydrogens is 232 g/mol. The predicted octanol–water partition coefficient (Wildman–Crippen LogP) is 0.683. The Hall–Kier alpha value is -1.10. The molecule has 2 rings (SSSR count). The van der Waals surface area contributed by atoms with Crippen molar-refractivity contribution in [3.63, 3.8) is 0 Å². The van der Waals surface area contributed by atoms with E-state index in [1.54, 1.807) is 0 Å². The van der Waals surface area contributed by atoms with Gasteiger partial charge in [-0.05, 0) is 19.8 Å². The second-order valence-corrected chi connectivity index (χ2v) is 5.14. The summed E-state index contributed by atoms with van der Waals surface area (Å²) in [4.78, 5) is 25.5. The van der Waals surface area contributed by atoms with Crippen molar-refractivity contribution < 1.29 is 14.3 Å². The minimum atomic E-state index is -0.309. The molecule has 1 amide bonds. The molecule has 102 valence electrons. The zero-order valence-electron chi connectivity index (χ0n) is 11.0. The number of nitrogens with one attached hydrogen (secondary N) is 1. The molecule has 2 aliphatic heterocycles. The number of carbonyl (C=O) groups excluding carboxylic acids is 2. The van der Waals surface area contributed by atoms with Crippen LogP contribution >= 0.6 is 0 Å². The molecule has 2 atom stereocenters. The Morgan fingerprint density at radius 3 is 2.56 bits per heavy atom. The fraction of sp³-hybridized carbons (Fsp3) is 0.846. The minimum Gasteiger partial charge on any atom is -0.464 e. The van der Waals surface area contributed by atoms with Crippen LogP contribution in [0.5, 0.6) is 0 Å². The van der Waals surface area contributed by atoms with Crippen molar-refractivity contribution in [1.29, 1.82) is 0 Å². The Bertz CT molecular complexity index is 311. The predicted molar refractivity (Wildman–Crippen MR) is 67.0 cm³/mol. The highest BCUT2D eigenvalue weighted by Gasteiger charge is 2.30. The van der Waals surface area contributed by atoms with Gasteiger partial charge in [0.05, 0.1) is 12.6 Å². The van der Waals surface area contributed by atoms with E-state index < -0.39 is 0 Å². The molecule has 0 spiro atoms. The smallest absolute Gasteiger partial charge is 0.323 e. The van der Waals surface area contributed by atoms with E-state index in [2.05, 4.69) is 5.32 Å². The van der Waals surface area contributed by atoms with Crippen LogP contribution in [0.1, 0.15) is 39.0 Å². The Balaban J connectivity index is 1.85. The third-order valence-electron chi connectivity index (χ3n) is 3.67. The van der Waals surface area contributed by atoms with E-state index in [-0.39, 0.29) is 24.0 Å². The van der Waals surface area contributed by atoms with Crippen molar-refractivity contribution in [1.82, 2.24) is 10.2 Å². The normalized spacial score (nSPS) is 26.6. The monoisotopic (exact) mass is 254 g/mol. The molecule has 0 bridgehead atoms. The van der Waals surface area contributed by atoms with Crippen LogP contribution in [0, 0.1) is 0 Å². The molecule has 0 aromatic rings. The molecule has 18 heavy (non-hydrogen) atoms. The summed E-state index contributed by atoms with van der Waals surface area (Å²) < 4.78 is 4.89. The molecule has 2 saturated heterocycles. The van der Waals surface area contributed by atoms with Gasteiger partial charge in [-0.15, -0.1) is 0 Å². The van der Waals surface area contributed by atoms with E-state index in [0.717, 1.165) is 25.9 Å². The van der Waals surface area contributed by atoms with Gasteiger partial charge in [0.2, 0.25) is 5.91 Å². The van der Waals surface area contributed by atoms with E-state index in [1.165, 1.54) is 12.8 Å². The van der Waals surface area contributed by atoms with Crippen molar-refractivity contribution in [2.75, 3.05) is 19.7 Å². The molecular formula is C13H22N2O3. The SMILES string of the molecule is CC(NC1CCOC1=O)C(=O)N1CCCCCC1. The Labute approximate surface area is 108 Å². The van der Waals surface area contributed by atoms with Crippen molar-refractivity contribution in [3.8, 4) is 0 Å². The first-order valence-corrected chi connectivity index (χ1v) is 6.90. The molecule has 1 N–H and O–H groups in total. The molecule has 0 aromatic heterocycles. The lowest BCUT2D eigenvalue weighted by Crippen LogP contribution is -2.49. The van der Waals surface area contributed by atoms with Gasteiger partial charge in [-0.2, -0.15) is 0 Å². The topological polar surface area (TPSA) is 58.6 Å². The standard InChI is InChI=1S/C13H22N2O3/c1-10(14-11-6-9-18-13(11)17)12(16)15-7-4-2-3-5-8-15/h10-11,14H,2-9H2,1H3. The first kappa shape index (κ1) is 13.3. The summed E-state index contributed by atoms with van der Waals surface area (Å²) in [5, 5.41) is 3.08. The third-order valence-corrected chi connectivity index (χ3v) is 3.67. The van der Waals surface area contributed by atoms with E-state index in [4.69, 9.17) is 4.74 Å². The summed E-state index contributed by atoms with van der Waals surface area (Å²) >= 11 is 0. The Kier molecular flexibility index (Phi) is 4.58. The molecule has 2 heterocycles. The molecule has 5 heteroatoms. The van der Waals surface area contributed by atoms with E-state index in [1.807, 2.05) is 11.8 Å². The van der Waals surface area contributed by atoms with Crippen molar-refractivity contribution in [2.45, 2.75) is 51.1 Å². The summed E-state index contributed by atoms with van der Waals surface area (Å²) in [6, 6.07) is -0.616. The van der Waals surface area contributed by atoms with Crippen molar-refractivity contribution in [2.24, 2.45) is 0 Å². The van der Waals surface area contributed by atoms with Crippen LogP contribution in [0.25, 0.3) is 0 Å². The quantitative estimate of drug-likeness (QED) is 0.753. The molecule has 0 aromatic carbocycles. The van der Waals surface area contributed by atoms with Gasteiger partial charge >= 0.3 is 5.97 Å². The van der Waals surface area contributed by atoms with Gasteiger partial charge in [0.25, 0.3) is 0 Å². The van der Waals surface area contributed by atoms with Crippen LogP contribution in [0.3, 0.4) is 0 Å². The maximum absolute atomic E-state index is 12.3. The fourth-order valence-electron chi connectivity index (χ4n) is 2.59. The first-order chi connectivity index (χ1) is 8.68. The largest absolute Gasteiger partial charge is 0.464 e. The van der Waals surface area contributed by atoms with Crippen LogP contribution in [0.15, 0.2) is 0 Å². The second-order valence-electron chi connectivity index (χ2n) is 5.14. The van der Waals surface area contributed by atoms with E-state index >= 15 is 0 Å². The zero-order valence-corrected chi connectivity index (χ0v) is 11.0. The number of hydrogen-bond donors (Lipinski definition) is 1. The maximum Gasteiger partial charge on any atom is 0.323 e. The summed E-state index contributed by atoms with van der Waals surface area (Å²) in [7, 11) is 0. The van der Waals surface area contributed by atoms with Crippen LogP contribution in [-0.2, 0) is 14.3 Å². The second kappa shape index (κ2) is 6.18. The Morgan fingerprint density at radius 2 is 2.00 bits per heavy atom. The van der Waals surface area contributed by atoms with Crippen LogP contribution in [-0.4, -0.2) is 48.6 Å². The summed E-state index contributed by atoms with van der Waals surface area (Å²) in [5.74, 6) is -0.123. The van der Waals surface area contributed by atoms with Gasteiger partial charge in [0.15, 0.2) is 0 Å². The fourth-order valence-corrected chi connectivity index (χ4v) is 2.59.